The van der Waals surface area contributed by atoms with Crippen LogP contribution in [-0.2, 0) is 16.0 Å². The fourth-order valence-corrected chi connectivity index (χ4v) is 1.39. The zero-order valence-electron chi connectivity index (χ0n) is 9.27. The second-order valence-corrected chi connectivity index (χ2v) is 3.64. The van der Waals surface area contributed by atoms with Crippen LogP contribution in [0.4, 0.5) is 0 Å². The molecule has 5 nitrogen and oxygen atoms in total. The van der Waals surface area contributed by atoms with Crippen LogP contribution in [0.1, 0.15) is 29.3 Å². The fourth-order valence-electron chi connectivity index (χ4n) is 1.39. The predicted octanol–water partition coefficient (Wildman–Crippen LogP) is 1.18. The minimum Gasteiger partial charge on any atom is -0.507 e. The predicted molar refractivity (Wildman–Crippen MR) is 59.1 cm³/mol. The third kappa shape index (κ3) is 3.41. The quantitative estimate of drug-likeness (QED) is 0.591. The Labute approximate surface area is 97.7 Å². The molecule has 0 fully saturated rings. The van der Waals surface area contributed by atoms with Crippen LogP contribution >= 0.6 is 0 Å². The first-order valence-corrected chi connectivity index (χ1v) is 5.00. The van der Waals surface area contributed by atoms with Gasteiger partial charge in [0, 0.05) is 6.42 Å². The van der Waals surface area contributed by atoms with Crippen molar-refractivity contribution in [3.8, 4) is 5.75 Å². The number of Topliss-reactive ketones (excluding diaryl/α,β-unsaturated/α-hetero) is 2. The summed E-state index contributed by atoms with van der Waals surface area (Å²) in [7, 11) is 0. The number of carboxylic acid groups (broad SMARTS) is 1. The van der Waals surface area contributed by atoms with Gasteiger partial charge in [-0.3, -0.25) is 9.59 Å². The van der Waals surface area contributed by atoms with Gasteiger partial charge in [-0.1, -0.05) is 6.07 Å². The lowest BCUT2D eigenvalue weighted by Gasteiger charge is -2.04. The highest BCUT2D eigenvalue weighted by Gasteiger charge is 2.12. The standard InChI is InChI=1S/C12H12O5/c1-7(13)9-6-8(2-4-10(9)14)3-5-11(15)12(16)17/h2,4,6,14H,3,5H2,1H3,(H,16,17). The highest BCUT2D eigenvalue weighted by Crippen LogP contribution is 2.19. The zero-order chi connectivity index (χ0) is 13.0. The van der Waals surface area contributed by atoms with Crippen molar-refractivity contribution >= 4 is 17.5 Å². The van der Waals surface area contributed by atoms with Crippen LogP contribution in [0.15, 0.2) is 18.2 Å². The van der Waals surface area contributed by atoms with Crippen molar-refractivity contribution in [1.29, 1.82) is 0 Å². The SMILES string of the molecule is CC(=O)c1cc(CCC(=O)C(=O)O)ccc1O. The highest BCUT2D eigenvalue weighted by atomic mass is 16.4. The number of carbonyl (C=O) groups is 3. The second-order valence-electron chi connectivity index (χ2n) is 3.64. The molecule has 0 radical (unpaired) electrons. The number of carboxylic acids is 1. The Morgan fingerprint density at radius 3 is 2.41 bits per heavy atom. The van der Waals surface area contributed by atoms with Crippen molar-refractivity contribution in [2.24, 2.45) is 0 Å². The molecule has 1 aromatic rings. The number of hydrogen-bond donors (Lipinski definition) is 2. The van der Waals surface area contributed by atoms with Gasteiger partial charge in [0.2, 0.25) is 5.78 Å². The van der Waals surface area contributed by atoms with E-state index in [1.165, 1.54) is 19.1 Å². The average Bonchev–Trinajstić information content (AvgIpc) is 2.26. The molecule has 0 amide bonds. The van der Waals surface area contributed by atoms with E-state index in [4.69, 9.17) is 5.11 Å². The highest BCUT2D eigenvalue weighted by molar-refractivity contribution is 6.32. The molecule has 0 spiro atoms. The van der Waals surface area contributed by atoms with Crippen LogP contribution < -0.4 is 0 Å². The molecule has 0 unspecified atom stereocenters. The monoisotopic (exact) mass is 236 g/mol. The van der Waals surface area contributed by atoms with Crippen molar-refractivity contribution in [2.45, 2.75) is 19.8 Å². The maximum atomic E-state index is 11.1. The van der Waals surface area contributed by atoms with Gasteiger partial charge in [-0.05, 0) is 31.0 Å². The maximum absolute atomic E-state index is 11.1. The van der Waals surface area contributed by atoms with Gasteiger partial charge in [0.25, 0.3) is 0 Å². The lowest BCUT2D eigenvalue weighted by atomic mass is 10.0. The number of phenols is 1. The molecule has 0 aliphatic carbocycles. The Balaban J connectivity index is 2.80. The zero-order valence-corrected chi connectivity index (χ0v) is 9.27. The minimum atomic E-state index is -1.46. The van der Waals surface area contributed by atoms with E-state index < -0.39 is 11.8 Å². The number of ketones is 2. The van der Waals surface area contributed by atoms with E-state index in [0.717, 1.165) is 0 Å². The molecule has 0 heterocycles. The van der Waals surface area contributed by atoms with E-state index >= 15 is 0 Å². The van der Waals surface area contributed by atoms with E-state index in [-0.39, 0.29) is 29.9 Å². The molecule has 0 saturated heterocycles. The molecule has 1 aromatic carbocycles. The molecule has 0 aromatic heterocycles. The van der Waals surface area contributed by atoms with E-state index in [2.05, 4.69) is 0 Å². The van der Waals surface area contributed by atoms with Crippen molar-refractivity contribution in [3.05, 3.63) is 29.3 Å². The van der Waals surface area contributed by atoms with Crippen molar-refractivity contribution in [1.82, 2.24) is 0 Å². The van der Waals surface area contributed by atoms with Gasteiger partial charge in [0.1, 0.15) is 5.75 Å². The molecule has 90 valence electrons. The molecule has 0 aliphatic rings. The van der Waals surface area contributed by atoms with Gasteiger partial charge in [0.15, 0.2) is 5.78 Å². The van der Waals surface area contributed by atoms with Crippen LogP contribution in [0.2, 0.25) is 0 Å². The molecule has 2 N–H and O–H groups in total. The molecule has 0 saturated carbocycles. The van der Waals surface area contributed by atoms with E-state index in [1.54, 1.807) is 6.07 Å². The van der Waals surface area contributed by atoms with Crippen molar-refractivity contribution < 1.29 is 24.6 Å². The van der Waals surface area contributed by atoms with E-state index in [1.807, 2.05) is 0 Å². The Bertz CT molecular complexity index is 476. The molecule has 0 atom stereocenters. The van der Waals surface area contributed by atoms with Crippen LogP contribution in [0, 0.1) is 0 Å². The summed E-state index contributed by atoms with van der Waals surface area (Å²) in [4.78, 5) is 32.3. The summed E-state index contributed by atoms with van der Waals surface area (Å²) in [5.41, 5.74) is 0.813. The molecule has 0 aliphatic heterocycles. The van der Waals surface area contributed by atoms with E-state index in [0.29, 0.717) is 5.56 Å². The first-order chi connectivity index (χ1) is 7.91. The fraction of sp³-hybridized carbons (Fsp3) is 0.250. The first kappa shape index (κ1) is 12.9. The summed E-state index contributed by atoms with van der Waals surface area (Å²) in [5, 5.41) is 17.8. The Hall–Kier alpha value is -2.17. The lowest BCUT2D eigenvalue weighted by molar-refractivity contribution is -0.149. The third-order valence-electron chi connectivity index (χ3n) is 2.32. The van der Waals surface area contributed by atoms with Crippen LogP contribution in [0.25, 0.3) is 0 Å². The molecular weight excluding hydrogens is 224 g/mol. The topological polar surface area (TPSA) is 91.7 Å². The minimum absolute atomic E-state index is 0.120. The number of aryl methyl sites for hydroxylation is 1. The number of aliphatic carboxylic acids is 1. The van der Waals surface area contributed by atoms with Crippen LogP contribution in [0.5, 0.6) is 5.75 Å². The molecule has 1 rings (SSSR count). The second kappa shape index (κ2) is 5.25. The van der Waals surface area contributed by atoms with Gasteiger partial charge in [-0.15, -0.1) is 0 Å². The summed E-state index contributed by atoms with van der Waals surface area (Å²) < 4.78 is 0. The van der Waals surface area contributed by atoms with E-state index in [9.17, 15) is 19.5 Å². The van der Waals surface area contributed by atoms with Gasteiger partial charge in [-0.2, -0.15) is 0 Å². The smallest absolute Gasteiger partial charge is 0.372 e. The Morgan fingerprint density at radius 2 is 1.88 bits per heavy atom. The summed E-state index contributed by atoms with van der Waals surface area (Å²) in [6.07, 6.45) is 0.100. The summed E-state index contributed by atoms with van der Waals surface area (Å²) >= 11 is 0. The normalized spacial score (nSPS) is 9.94. The number of benzene rings is 1. The molecule has 5 heteroatoms. The largest absolute Gasteiger partial charge is 0.507 e. The summed E-state index contributed by atoms with van der Waals surface area (Å²) in [5.74, 6) is -2.74. The number of carbonyl (C=O) groups excluding carboxylic acids is 2. The lowest BCUT2D eigenvalue weighted by Crippen LogP contribution is -2.13. The molecule has 0 bridgehead atoms. The summed E-state index contributed by atoms with van der Waals surface area (Å²) in [6.45, 7) is 1.32. The molecule has 17 heavy (non-hydrogen) atoms. The Morgan fingerprint density at radius 1 is 1.24 bits per heavy atom. The van der Waals surface area contributed by atoms with Gasteiger partial charge in [-0.25, -0.2) is 4.79 Å². The van der Waals surface area contributed by atoms with Crippen LogP contribution in [0.3, 0.4) is 0 Å². The third-order valence-corrected chi connectivity index (χ3v) is 2.32. The number of aromatic hydroxyl groups is 1. The number of phenolic OH excluding ortho intramolecular Hbond substituents is 1. The van der Waals surface area contributed by atoms with Crippen molar-refractivity contribution in [3.63, 3.8) is 0 Å². The van der Waals surface area contributed by atoms with Crippen molar-refractivity contribution in [2.75, 3.05) is 0 Å². The van der Waals surface area contributed by atoms with Crippen LogP contribution in [-0.4, -0.2) is 27.7 Å². The number of rotatable bonds is 5. The maximum Gasteiger partial charge on any atom is 0.372 e. The first-order valence-electron chi connectivity index (χ1n) is 5.00. The molecular formula is C12H12O5. The average molecular weight is 236 g/mol. The summed E-state index contributed by atoms with van der Waals surface area (Å²) in [6, 6.07) is 4.38. The Kier molecular flexibility index (Phi) is 3.98. The van der Waals surface area contributed by atoms with Gasteiger partial charge >= 0.3 is 5.97 Å². The number of hydrogen-bond acceptors (Lipinski definition) is 4. The van der Waals surface area contributed by atoms with Gasteiger partial charge < -0.3 is 10.2 Å². The van der Waals surface area contributed by atoms with Gasteiger partial charge in [0.05, 0.1) is 5.56 Å².